The summed E-state index contributed by atoms with van der Waals surface area (Å²) in [5, 5.41) is 0.306. The van der Waals surface area contributed by atoms with Crippen LogP contribution in [0.3, 0.4) is 0 Å². The molecule has 2 aromatic carbocycles. The summed E-state index contributed by atoms with van der Waals surface area (Å²) in [5.74, 6) is 8.58. The number of hydrogen-bond donors (Lipinski definition) is 0. The second-order valence-electron chi connectivity index (χ2n) is 19.7. The highest BCUT2D eigenvalue weighted by atomic mass is 28.4. The molecule has 272 valence electrons. The van der Waals surface area contributed by atoms with E-state index in [0.717, 1.165) is 83.5 Å². The van der Waals surface area contributed by atoms with Crippen molar-refractivity contribution < 1.29 is 23.5 Å². The maximum Gasteiger partial charge on any atom is 0.338 e. The van der Waals surface area contributed by atoms with Crippen molar-refractivity contribution in [2.24, 2.45) is 59.2 Å². The van der Waals surface area contributed by atoms with E-state index in [1.54, 1.807) is 0 Å². The molecular formula is C43H62O5Si2. The third kappa shape index (κ3) is 8.69. The quantitative estimate of drug-likeness (QED) is 0.128. The maximum absolute atomic E-state index is 12.9. The fourth-order valence-electron chi connectivity index (χ4n) is 8.72. The number of carbonyl (C=O) groups is 2. The molecule has 0 aliphatic heterocycles. The average Bonchev–Trinajstić information content (AvgIpc) is 3.85. The third-order valence-corrected chi connectivity index (χ3v) is 19.8. The maximum atomic E-state index is 12.9. The van der Waals surface area contributed by atoms with Gasteiger partial charge in [0.15, 0.2) is 8.32 Å². The van der Waals surface area contributed by atoms with Gasteiger partial charge in [0.2, 0.25) is 0 Å². The number of benzene rings is 2. The molecule has 5 saturated carbocycles. The van der Waals surface area contributed by atoms with E-state index in [1.165, 1.54) is 32.1 Å². The molecule has 5 nitrogen and oxygen atoms in total. The fraction of sp³-hybridized carbons (Fsp3) is 0.674. The van der Waals surface area contributed by atoms with Crippen LogP contribution in [0.25, 0.3) is 0 Å². The lowest BCUT2D eigenvalue weighted by Crippen LogP contribution is -2.41. The third-order valence-electron chi connectivity index (χ3n) is 13.6. The first kappa shape index (κ1) is 36.1. The second-order valence-corrected chi connectivity index (χ2v) is 30.1. The Morgan fingerprint density at radius 1 is 0.600 bits per heavy atom. The summed E-state index contributed by atoms with van der Waals surface area (Å²) >= 11 is 0. The molecule has 7 heteroatoms. The molecule has 5 fully saturated rings. The van der Waals surface area contributed by atoms with Crippen LogP contribution in [-0.4, -0.2) is 48.2 Å². The van der Waals surface area contributed by atoms with Gasteiger partial charge in [-0.25, -0.2) is 9.59 Å². The Hall–Kier alpha value is -2.23. The van der Waals surface area contributed by atoms with Gasteiger partial charge >= 0.3 is 11.9 Å². The molecule has 0 amide bonds. The predicted molar refractivity (Wildman–Crippen MR) is 206 cm³/mol. The molecule has 0 aromatic heterocycles. The summed E-state index contributed by atoms with van der Waals surface area (Å²) in [6.45, 7) is 20.7. The van der Waals surface area contributed by atoms with E-state index in [9.17, 15) is 9.59 Å². The highest BCUT2D eigenvalue weighted by molar-refractivity contribution is 6.76. The van der Waals surface area contributed by atoms with Crippen molar-refractivity contribution in [1.82, 2.24) is 0 Å². The minimum Gasteiger partial charge on any atom is -0.462 e. The van der Waals surface area contributed by atoms with E-state index < -0.39 is 16.4 Å². The molecular weight excluding hydrogens is 653 g/mol. The molecule has 0 heterocycles. The molecule has 7 rings (SSSR count). The van der Waals surface area contributed by atoms with E-state index in [4.69, 9.17) is 13.9 Å². The lowest BCUT2D eigenvalue weighted by Gasteiger charge is -2.36. The topological polar surface area (TPSA) is 61.8 Å². The Bertz CT molecular complexity index is 1540. The minimum absolute atomic E-state index is 0.207. The van der Waals surface area contributed by atoms with Gasteiger partial charge in [-0.15, -0.1) is 0 Å². The number of esters is 2. The Labute approximate surface area is 303 Å². The van der Waals surface area contributed by atoms with Crippen molar-refractivity contribution in [3.63, 3.8) is 0 Å². The molecule has 5 aliphatic rings. The van der Waals surface area contributed by atoms with Crippen molar-refractivity contribution in [1.29, 1.82) is 0 Å². The largest absolute Gasteiger partial charge is 0.462 e. The molecule has 2 aromatic rings. The lowest BCUT2D eigenvalue weighted by atomic mass is 10.0. The van der Waals surface area contributed by atoms with Crippen molar-refractivity contribution >= 4 is 28.3 Å². The highest BCUT2D eigenvalue weighted by Gasteiger charge is 2.66. The first-order valence-corrected chi connectivity index (χ1v) is 26.4. The van der Waals surface area contributed by atoms with E-state index >= 15 is 0 Å². The average molecular weight is 715 g/mol. The molecule has 0 radical (unpaired) electrons. The fourth-order valence-corrected chi connectivity index (χ4v) is 10.5. The van der Waals surface area contributed by atoms with Crippen LogP contribution in [-0.2, 0) is 20.3 Å². The van der Waals surface area contributed by atoms with Gasteiger partial charge in [0.05, 0.1) is 24.3 Å². The predicted octanol–water partition coefficient (Wildman–Crippen LogP) is 10.1. The van der Waals surface area contributed by atoms with Gasteiger partial charge in [-0.2, -0.15) is 0 Å². The van der Waals surface area contributed by atoms with Crippen LogP contribution in [0, 0.1) is 59.2 Å². The molecule has 0 N–H and O–H groups in total. The molecule has 0 spiro atoms. The van der Waals surface area contributed by atoms with Gasteiger partial charge in [-0.05, 0) is 157 Å². The zero-order valence-corrected chi connectivity index (χ0v) is 34.0. The van der Waals surface area contributed by atoms with Crippen molar-refractivity contribution in [2.75, 3.05) is 19.8 Å². The van der Waals surface area contributed by atoms with Crippen LogP contribution in [0.5, 0.6) is 0 Å². The van der Waals surface area contributed by atoms with Crippen LogP contribution in [0.15, 0.2) is 48.5 Å². The van der Waals surface area contributed by atoms with Crippen molar-refractivity contribution in [3.05, 3.63) is 70.8 Å². The Morgan fingerprint density at radius 2 is 1.02 bits per heavy atom. The first-order valence-electron chi connectivity index (χ1n) is 19.7. The van der Waals surface area contributed by atoms with Crippen LogP contribution >= 0.6 is 0 Å². The zero-order chi connectivity index (χ0) is 35.6. The van der Waals surface area contributed by atoms with Gasteiger partial charge in [-0.1, -0.05) is 64.7 Å². The van der Waals surface area contributed by atoms with Crippen LogP contribution < -0.4 is 0 Å². The number of ether oxygens (including phenoxy) is 2. The van der Waals surface area contributed by atoms with Gasteiger partial charge in [0, 0.05) is 14.7 Å². The van der Waals surface area contributed by atoms with Gasteiger partial charge < -0.3 is 13.9 Å². The number of rotatable bonds is 16. The molecule has 5 aliphatic carbocycles. The minimum atomic E-state index is -1.63. The highest BCUT2D eigenvalue weighted by Crippen LogP contribution is 2.72. The van der Waals surface area contributed by atoms with Crippen molar-refractivity contribution in [3.8, 4) is 0 Å². The van der Waals surface area contributed by atoms with Crippen LogP contribution in [0.4, 0.5) is 0 Å². The van der Waals surface area contributed by atoms with Crippen molar-refractivity contribution in [2.45, 2.75) is 103 Å². The number of hydrogen-bond acceptors (Lipinski definition) is 5. The van der Waals surface area contributed by atoms with E-state index in [2.05, 4.69) is 53.5 Å². The smallest absolute Gasteiger partial charge is 0.338 e. The van der Waals surface area contributed by atoms with E-state index in [-0.39, 0.29) is 11.9 Å². The normalized spacial score (nSPS) is 32.6. The SMILES string of the molecule is CC(C)(C)[Si](C)(C)OC[C@@H]1C[C@H]1[C@@H]1C[C@H]1[C@@H]1C[C@H]1[C@@H]1C[C@H]1[C@@H]1C[C@H]1COC(=O)c1ccc(Cc2ccc(C(=O)OCC[Si](C)(C)C)cc2)cc1. The summed E-state index contributed by atoms with van der Waals surface area (Å²) in [6, 6.07) is 16.4. The molecule has 50 heavy (non-hydrogen) atoms. The molecule has 0 saturated heterocycles. The second kappa shape index (κ2) is 13.6. The summed E-state index contributed by atoms with van der Waals surface area (Å²) in [7, 11) is -2.85. The Kier molecular flexibility index (Phi) is 9.86. The van der Waals surface area contributed by atoms with Crippen LogP contribution in [0.1, 0.15) is 84.7 Å². The standard InChI is InChI=1S/C43H62O5Si2/c1-43(2,3)50(7,8)48-26-32-21-34(32)36-23-38(36)40-24-39(40)37-22-35(37)33-20-31(33)25-47-42(45)30-15-11-28(12-16-30)19-27-9-13-29(14-10-27)41(44)46-17-18-49(4,5)6/h9-16,31-40H,17-26H2,1-8H3/t31-,32-,33+,34+,35-,36-,37+,38+,39-,40-/m0/s1. The Balaban J connectivity index is 0.773. The Morgan fingerprint density at radius 3 is 1.46 bits per heavy atom. The summed E-state index contributed by atoms with van der Waals surface area (Å²) in [6.07, 6.45) is 7.80. The van der Waals surface area contributed by atoms with Crippen LogP contribution in [0.2, 0.25) is 43.8 Å². The molecule has 10 atom stereocenters. The van der Waals surface area contributed by atoms with E-state index in [0.29, 0.717) is 35.3 Å². The summed E-state index contributed by atoms with van der Waals surface area (Å²) in [4.78, 5) is 25.2. The monoisotopic (exact) mass is 714 g/mol. The molecule has 0 bridgehead atoms. The summed E-state index contributed by atoms with van der Waals surface area (Å²) < 4.78 is 17.8. The molecule has 0 unspecified atom stereocenters. The van der Waals surface area contributed by atoms with Gasteiger partial charge in [0.25, 0.3) is 0 Å². The summed E-state index contributed by atoms with van der Waals surface area (Å²) in [5.41, 5.74) is 3.45. The van der Waals surface area contributed by atoms with Gasteiger partial charge in [0.1, 0.15) is 0 Å². The van der Waals surface area contributed by atoms with Gasteiger partial charge in [-0.3, -0.25) is 0 Å². The van der Waals surface area contributed by atoms with E-state index in [1.807, 2.05) is 48.5 Å². The first-order chi connectivity index (χ1) is 23.6. The lowest BCUT2D eigenvalue weighted by molar-refractivity contribution is 0.0476. The zero-order valence-electron chi connectivity index (χ0n) is 32.0. The number of carbonyl (C=O) groups excluding carboxylic acids is 2.